The van der Waals surface area contributed by atoms with E-state index in [4.69, 9.17) is 8.83 Å². The first kappa shape index (κ1) is 27.1. The maximum absolute atomic E-state index is 6.47. The van der Waals surface area contributed by atoms with Gasteiger partial charge in [-0.25, -0.2) is 0 Å². The molecule has 0 saturated carbocycles. The van der Waals surface area contributed by atoms with Crippen molar-refractivity contribution in [3.8, 4) is 22.3 Å². The Morgan fingerprint density at radius 3 is 1.94 bits per heavy atom. The van der Waals surface area contributed by atoms with Gasteiger partial charge in [-0.05, 0) is 88.0 Å². The molecule has 0 fully saturated rings. The number of anilines is 3. The van der Waals surface area contributed by atoms with Crippen LogP contribution in [0.4, 0.5) is 17.1 Å². The third-order valence-corrected chi connectivity index (χ3v) is 10.3. The summed E-state index contributed by atoms with van der Waals surface area (Å²) in [6.45, 7) is 4.68. The van der Waals surface area contributed by atoms with Crippen LogP contribution in [0.2, 0.25) is 0 Å². The predicted octanol–water partition coefficient (Wildman–Crippen LogP) is 12.9. The number of para-hydroxylation sites is 1. The molecule has 9 aromatic rings. The van der Waals surface area contributed by atoms with Gasteiger partial charge in [0.25, 0.3) is 0 Å². The molecule has 0 spiro atoms. The van der Waals surface area contributed by atoms with Crippen LogP contribution in [0.1, 0.15) is 25.0 Å². The average molecular weight is 618 g/mol. The minimum atomic E-state index is -0.128. The lowest BCUT2D eigenvalue weighted by atomic mass is 9.82. The number of hydrogen-bond donors (Lipinski definition) is 0. The summed E-state index contributed by atoms with van der Waals surface area (Å²) < 4.78 is 12.9. The van der Waals surface area contributed by atoms with Gasteiger partial charge in [0.05, 0.1) is 11.1 Å². The van der Waals surface area contributed by atoms with Gasteiger partial charge in [-0.15, -0.1) is 0 Å². The van der Waals surface area contributed by atoms with Crippen molar-refractivity contribution in [2.45, 2.75) is 19.3 Å². The molecule has 3 nitrogen and oxygen atoms in total. The van der Waals surface area contributed by atoms with Crippen molar-refractivity contribution in [1.29, 1.82) is 0 Å². The van der Waals surface area contributed by atoms with Crippen molar-refractivity contribution in [1.82, 2.24) is 0 Å². The molecule has 0 unspecified atom stereocenters. The topological polar surface area (TPSA) is 29.5 Å². The lowest BCUT2D eigenvalue weighted by Gasteiger charge is -2.28. The first-order valence-electron chi connectivity index (χ1n) is 16.5. The van der Waals surface area contributed by atoms with Crippen LogP contribution >= 0.6 is 0 Å². The molecule has 0 saturated heterocycles. The molecule has 10 rings (SSSR count). The van der Waals surface area contributed by atoms with Crippen LogP contribution < -0.4 is 4.90 Å². The third kappa shape index (κ3) is 3.82. The quantitative estimate of drug-likeness (QED) is 0.197. The monoisotopic (exact) mass is 617 g/mol. The fourth-order valence-electron chi connectivity index (χ4n) is 8.01. The van der Waals surface area contributed by atoms with E-state index in [0.29, 0.717) is 0 Å². The fraction of sp³-hybridized carbons (Fsp3) is 0.0667. The summed E-state index contributed by atoms with van der Waals surface area (Å²) in [6, 6.07) is 54.0. The van der Waals surface area contributed by atoms with Gasteiger partial charge in [-0.2, -0.15) is 0 Å². The van der Waals surface area contributed by atoms with Gasteiger partial charge < -0.3 is 13.7 Å². The standard InChI is InChI=1S/C45H31NO2/c1-45(2)36-17-8-6-14-32(36)33-24-22-30(27-37(33)45)46(38-18-11-21-42-44(38)34-15-7-9-19-39(34)47-42)29-23-25-40-35(26-29)43-31(16-10-20-41(43)48-40)28-12-4-3-5-13-28/h3-27H,1-2H3. The second-order valence-corrected chi connectivity index (χ2v) is 13.3. The molecule has 48 heavy (non-hydrogen) atoms. The highest BCUT2D eigenvalue weighted by Gasteiger charge is 2.36. The minimum Gasteiger partial charge on any atom is -0.456 e. The van der Waals surface area contributed by atoms with E-state index in [1.807, 2.05) is 12.1 Å². The van der Waals surface area contributed by atoms with E-state index in [0.717, 1.165) is 66.5 Å². The van der Waals surface area contributed by atoms with Gasteiger partial charge in [0.15, 0.2) is 0 Å². The Hall–Kier alpha value is -6.06. The summed E-state index contributed by atoms with van der Waals surface area (Å²) in [5, 5.41) is 4.41. The number of benzene rings is 7. The zero-order valence-corrected chi connectivity index (χ0v) is 26.7. The molecule has 2 aromatic heterocycles. The van der Waals surface area contributed by atoms with Crippen LogP contribution in [-0.4, -0.2) is 0 Å². The average Bonchev–Trinajstić information content (AvgIpc) is 3.77. The fourth-order valence-corrected chi connectivity index (χ4v) is 8.01. The Kier molecular flexibility index (Phi) is 5.63. The highest BCUT2D eigenvalue weighted by atomic mass is 16.3. The summed E-state index contributed by atoms with van der Waals surface area (Å²) in [5.74, 6) is 0. The van der Waals surface area contributed by atoms with Crippen LogP contribution in [0.5, 0.6) is 0 Å². The first-order valence-corrected chi connectivity index (χ1v) is 16.5. The molecule has 0 atom stereocenters. The van der Waals surface area contributed by atoms with E-state index < -0.39 is 0 Å². The Labute approximate surface area is 278 Å². The van der Waals surface area contributed by atoms with E-state index in [9.17, 15) is 0 Å². The summed E-state index contributed by atoms with van der Waals surface area (Å²) in [7, 11) is 0. The summed E-state index contributed by atoms with van der Waals surface area (Å²) >= 11 is 0. The zero-order valence-electron chi connectivity index (χ0n) is 26.7. The molecule has 0 bridgehead atoms. The third-order valence-electron chi connectivity index (χ3n) is 10.3. The summed E-state index contributed by atoms with van der Waals surface area (Å²) in [4.78, 5) is 2.40. The Morgan fingerprint density at radius 1 is 0.438 bits per heavy atom. The second kappa shape index (κ2) is 9.97. The van der Waals surface area contributed by atoms with Gasteiger partial charge in [0.2, 0.25) is 0 Å². The molecular weight excluding hydrogens is 587 g/mol. The molecule has 0 N–H and O–H groups in total. The van der Waals surface area contributed by atoms with Crippen molar-refractivity contribution < 1.29 is 8.83 Å². The molecule has 0 amide bonds. The molecule has 7 aromatic carbocycles. The molecular formula is C45H31NO2. The largest absolute Gasteiger partial charge is 0.456 e. The van der Waals surface area contributed by atoms with Crippen LogP contribution in [0.3, 0.4) is 0 Å². The number of rotatable bonds is 4. The SMILES string of the molecule is CC1(C)c2ccccc2-c2ccc(N(c3ccc4oc5cccc(-c6ccccc6)c5c4c3)c3cccc4oc5ccccc5c34)cc21. The Morgan fingerprint density at radius 2 is 1.06 bits per heavy atom. The van der Waals surface area contributed by atoms with Crippen LogP contribution in [-0.2, 0) is 5.41 Å². The van der Waals surface area contributed by atoms with Crippen molar-refractivity contribution >= 4 is 60.9 Å². The smallest absolute Gasteiger partial charge is 0.137 e. The summed E-state index contributed by atoms with van der Waals surface area (Å²) in [5.41, 5.74) is 14.3. The van der Waals surface area contributed by atoms with Gasteiger partial charge in [0.1, 0.15) is 22.3 Å². The van der Waals surface area contributed by atoms with Crippen molar-refractivity contribution in [2.24, 2.45) is 0 Å². The van der Waals surface area contributed by atoms with E-state index in [2.05, 4.69) is 158 Å². The van der Waals surface area contributed by atoms with Crippen molar-refractivity contribution in [3.05, 3.63) is 163 Å². The van der Waals surface area contributed by atoms with Gasteiger partial charge >= 0.3 is 0 Å². The zero-order chi connectivity index (χ0) is 32.0. The highest BCUT2D eigenvalue weighted by Crippen LogP contribution is 2.52. The predicted molar refractivity (Wildman–Crippen MR) is 199 cm³/mol. The molecule has 1 aliphatic rings. The maximum atomic E-state index is 6.47. The molecule has 0 radical (unpaired) electrons. The number of furan rings is 2. The molecule has 3 heteroatoms. The molecule has 228 valence electrons. The molecule has 2 heterocycles. The Bertz CT molecular complexity index is 2710. The Balaban J connectivity index is 1.26. The van der Waals surface area contributed by atoms with E-state index >= 15 is 0 Å². The first-order chi connectivity index (χ1) is 23.6. The van der Waals surface area contributed by atoms with Gasteiger partial charge in [-0.1, -0.05) is 111 Å². The minimum absolute atomic E-state index is 0.128. The van der Waals surface area contributed by atoms with E-state index in [-0.39, 0.29) is 5.41 Å². The van der Waals surface area contributed by atoms with Crippen LogP contribution in [0.15, 0.2) is 160 Å². The normalized spacial score (nSPS) is 13.4. The number of hydrogen-bond acceptors (Lipinski definition) is 3. The highest BCUT2D eigenvalue weighted by molar-refractivity contribution is 6.16. The van der Waals surface area contributed by atoms with Crippen LogP contribution in [0.25, 0.3) is 66.1 Å². The summed E-state index contributed by atoms with van der Waals surface area (Å²) in [6.07, 6.45) is 0. The lowest BCUT2D eigenvalue weighted by molar-refractivity contribution is 0.660. The number of fused-ring (bicyclic) bond motifs is 9. The van der Waals surface area contributed by atoms with Gasteiger partial charge in [0, 0.05) is 32.9 Å². The lowest BCUT2D eigenvalue weighted by Crippen LogP contribution is -2.16. The maximum Gasteiger partial charge on any atom is 0.137 e. The van der Waals surface area contributed by atoms with Crippen molar-refractivity contribution in [2.75, 3.05) is 4.90 Å². The van der Waals surface area contributed by atoms with E-state index in [1.54, 1.807) is 0 Å². The molecule has 1 aliphatic carbocycles. The van der Waals surface area contributed by atoms with E-state index in [1.165, 1.54) is 27.8 Å². The molecule has 0 aliphatic heterocycles. The van der Waals surface area contributed by atoms with Gasteiger partial charge in [-0.3, -0.25) is 0 Å². The van der Waals surface area contributed by atoms with Crippen molar-refractivity contribution in [3.63, 3.8) is 0 Å². The van der Waals surface area contributed by atoms with Crippen LogP contribution in [0, 0.1) is 0 Å². The number of nitrogens with zero attached hydrogens (tertiary/aromatic N) is 1. The second-order valence-electron chi connectivity index (χ2n) is 13.3.